The number of carbonyl (C=O) groups is 1. The van der Waals surface area contributed by atoms with Gasteiger partial charge in [-0.05, 0) is 0 Å². The standard InChI is InChI=1S/C8H14N6O2/c1-14(2)5(15)4-10-7-11-6(9)12-8(13-7)16-3/h4H2,1-3H3,(H3,9,10,11,12,13). The summed E-state index contributed by atoms with van der Waals surface area (Å²) in [6.45, 7) is 0.0829. The molecule has 0 unspecified atom stereocenters. The molecule has 0 saturated heterocycles. The zero-order chi connectivity index (χ0) is 12.1. The third-order valence-corrected chi connectivity index (χ3v) is 1.71. The Morgan fingerprint density at radius 2 is 2.12 bits per heavy atom. The number of nitrogens with two attached hydrogens (primary N) is 1. The van der Waals surface area contributed by atoms with Crippen LogP contribution in [0.4, 0.5) is 11.9 Å². The van der Waals surface area contributed by atoms with E-state index in [1.165, 1.54) is 12.0 Å². The van der Waals surface area contributed by atoms with Gasteiger partial charge >= 0.3 is 6.01 Å². The van der Waals surface area contributed by atoms with Gasteiger partial charge in [-0.15, -0.1) is 0 Å². The van der Waals surface area contributed by atoms with Crippen LogP contribution in [0, 0.1) is 0 Å². The van der Waals surface area contributed by atoms with Gasteiger partial charge in [0, 0.05) is 14.1 Å². The molecule has 8 nitrogen and oxygen atoms in total. The third-order valence-electron chi connectivity index (χ3n) is 1.71. The average molecular weight is 226 g/mol. The smallest absolute Gasteiger partial charge is 0.322 e. The molecule has 0 fully saturated rings. The van der Waals surface area contributed by atoms with Crippen LogP contribution in [0.25, 0.3) is 0 Å². The Balaban J connectivity index is 2.67. The van der Waals surface area contributed by atoms with E-state index < -0.39 is 0 Å². The van der Waals surface area contributed by atoms with Crippen LogP contribution >= 0.6 is 0 Å². The second kappa shape index (κ2) is 5.10. The molecule has 0 aliphatic rings. The number of ether oxygens (including phenoxy) is 1. The summed E-state index contributed by atoms with van der Waals surface area (Å²) in [4.78, 5) is 24.1. The molecular formula is C8H14N6O2. The highest BCUT2D eigenvalue weighted by Gasteiger charge is 2.07. The maximum Gasteiger partial charge on any atom is 0.322 e. The number of amides is 1. The molecule has 1 rings (SSSR count). The molecule has 0 atom stereocenters. The molecule has 0 aliphatic carbocycles. The van der Waals surface area contributed by atoms with Gasteiger partial charge in [-0.1, -0.05) is 0 Å². The summed E-state index contributed by atoms with van der Waals surface area (Å²) in [5.41, 5.74) is 5.42. The Kier molecular flexibility index (Phi) is 3.81. The molecule has 1 heterocycles. The van der Waals surface area contributed by atoms with E-state index in [0.29, 0.717) is 0 Å². The monoisotopic (exact) mass is 226 g/mol. The largest absolute Gasteiger partial charge is 0.467 e. The summed E-state index contributed by atoms with van der Waals surface area (Å²) < 4.78 is 4.81. The second-order valence-electron chi connectivity index (χ2n) is 3.15. The number of anilines is 2. The van der Waals surface area contributed by atoms with Crippen molar-refractivity contribution in [2.75, 3.05) is 38.8 Å². The third kappa shape index (κ3) is 3.23. The van der Waals surface area contributed by atoms with Crippen molar-refractivity contribution in [1.82, 2.24) is 19.9 Å². The van der Waals surface area contributed by atoms with E-state index in [0.717, 1.165) is 0 Å². The van der Waals surface area contributed by atoms with Gasteiger partial charge < -0.3 is 20.7 Å². The predicted octanol–water partition coefficient (Wildman–Crippen LogP) is -1.04. The van der Waals surface area contributed by atoms with Crippen LogP contribution in [0.2, 0.25) is 0 Å². The van der Waals surface area contributed by atoms with Crippen LogP contribution in [-0.2, 0) is 4.79 Å². The maximum atomic E-state index is 11.3. The fraction of sp³-hybridized carbons (Fsp3) is 0.500. The van der Waals surface area contributed by atoms with Crippen LogP contribution in [-0.4, -0.2) is 53.5 Å². The van der Waals surface area contributed by atoms with Crippen LogP contribution < -0.4 is 15.8 Å². The van der Waals surface area contributed by atoms with Crippen molar-refractivity contribution in [3.8, 4) is 6.01 Å². The first kappa shape index (κ1) is 12.0. The Labute approximate surface area is 92.8 Å². The Bertz CT molecular complexity index is 381. The van der Waals surface area contributed by atoms with Gasteiger partial charge in [0.05, 0.1) is 13.7 Å². The van der Waals surface area contributed by atoms with Gasteiger partial charge in [-0.2, -0.15) is 15.0 Å². The number of nitrogen functional groups attached to an aromatic ring is 1. The topological polar surface area (TPSA) is 106 Å². The number of likely N-dealkylation sites (N-methyl/N-ethyl adjacent to an activating group) is 1. The predicted molar refractivity (Wildman–Crippen MR) is 58.0 cm³/mol. The van der Waals surface area contributed by atoms with Crippen molar-refractivity contribution in [1.29, 1.82) is 0 Å². The van der Waals surface area contributed by atoms with Crippen LogP contribution in [0.3, 0.4) is 0 Å². The van der Waals surface area contributed by atoms with E-state index in [-0.39, 0.29) is 30.4 Å². The normalized spacial score (nSPS) is 9.69. The van der Waals surface area contributed by atoms with Crippen molar-refractivity contribution in [2.45, 2.75) is 0 Å². The summed E-state index contributed by atoms with van der Waals surface area (Å²) in [5, 5.41) is 2.73. The van der Waals surface area contributed by atoms with E-state index in [2.05, 4.69) is 20.3 Å². The maximum absolute atomic E-state index is 11.3. The van der Waals surface area contributed by atoms with E-state index in [9.17, 15) is 4.79 Å². The molecule has 88 valence electrons. The highest BCUT2D eigenvalue weighted by Crippen LogP contribution is 2.07. The molecule has 0 radical (unpaired) electrons. The molecule has 16 heavy (non-hydrogen) atoms. The Hall–Kier alpha value is -2.12. The lowest BCUT2D eigenvalue weighted by Gasteiger charge is -2.11. The van der Waals surface area contributed by atoms with Gasteiger partial charge in [-0.3, -0.25) is 4.79 Å². The van der Waals surface area contributed by atoms with Crippen LogP contribution in [0.5, 0.6) is 6.01 Å². The minimum atomic E-state index is -0.0991. The van der Waals surface area contributed by atoms with E-state index in [1.54, 1.807) is 14.1 Å². The number of methoxy groups -OCH3 is 1. The lowest BCUT2D eigenvalue weighted by molar-refractivity contribution is -0.126. The van der Waals surface area contributed by atoms with Crippen LogP contribution in [0.1, 0.15) is 0 Å². The number of carbonyl (C=O) groups excluding carboxylic acids is 1. The summed E-state index contributed by atoms with van der Waals surface area (Å²) in [6, 6.07) is 0.104. The molecule has 1 amide bonds. The molecule has 0 bridgehead atoms. The van der Waals surface area contributed by atoms with Gasteiger partial charge in [0.15, 0.2) is 0 Å². The van der Waals surface area contributed by atoms with Gasteiger partial charge in [0.1, 0.15) is 0 Å². The second-order valence-corrected chi connectivity index (χ2v) is 3.15. The van der Waals surface area contributed by atoms with E-state index in [4.69, 9.17) is 10.5 Å². The number of nitrogens with one attached hydrogen (secondary N) is 1. The Morgan fingerprint density at radius 3 is 2.69 bits per heavy atom. The molecule has 0 spiro atoms. The lowest BCUT2D eigenvalue weighted by Crippen LogP contribution is -2.29. The molecule has 8 heteroatoms. The molecule has 3 N–H and O–H groups in total. The first-order valence-electron chi connectivity index (χ1n) is 4.52. The molecule has 0 aliphatic heterocycles. The van der Waals surface area contributed by atoms with E-state index >= 15 is 0 Å². The highest BCUT2D eigenvalue weighted by molar-refractivity contribution is 5.79. The van der Waals surface area contributed by atoms with Crippen LogP contribution in [0.15, 0.2) is 0 Å². The zero-order valence-electron chi connectivity index (χ0n) is 9.39. The van der Waals surface area contributed by atoms with Gasteiger partial charge in [-0.25, -0.2) is 0 Å². The van der Waals surface area contributed by atoms with Crippen molar-refractivity contribution >= 4 is 17.8 Å². The van der Waals surface area contributed by atoms with Crippen molar-refractivity contribution < 1.29 is 9.53 Å². The number of rotatable bonds is 4. The van der Waals surface area contributed by atoms with Crippen molar-refractivity contribution in [3.63, 3.8) is 0 Å². The van der Waals surface area contributed by atoms with Crippen molar-refractivity contribution in [3.05, 3.63) is 0 Å². The minimum absolute atomic E-state index is 0.0339. The minimum Gasteiger partial charge on any atom is -0.467 e. The molecule has 1 aromatic rings. The molecular weight excluding hydrogens is 212 g/mol. The quantitative estimate of drug-likeness (QED) is 0.675. The summed E-state index contributed by atoms with van der Waals surface area (Å²) >= 11 is 0. The van der Waals surface area contributed by atoms with Gasteiger partial charge in [0.2, 0.25) is 17.8 Å². The summed E-state index contributed by atoms with van der Waals surface area (Å²) in [7, 11) is 4.74. The molecule has 0 saturated carbocycles. The van der Waals surface area contributed by atoms with Gasteiger partial charge in [0.25, 0.3) is 0 Å². The molecule has 1 aromatic heterocycles. The fourth-order valence-corrected chi connectivity index (χ4v) is 0.855. The Morgan fingerprint density at radius 1 is 1.44 bits per heavy atom. The molecule has 0 aromatic carbocycles. The van der Waals surface area contributed by atoms with E-state index in [1.807, 2.05) is 0 Å². The first-order chi connectivity index (χ1) is 7.52. The number of aromatic nitrogens is 3. The fourth-order valence-electron chi connectivity index (χ4n) is 0.855. The van der Waals surface area contributed by atoms with Crippen molar-refractivity contribution in [2.24, 2.45) is 0 Å². The average Bonchev–Trinajstić information content (AvgIpc) is 2.24. The lowest BCUT2D eigenvalue weighted by atomic mass is 10.5. The number of hydrogen-bond acceptors (Lipinski definition) is 7. The zero-order valence-corrected chi connectivity index (χ0v) is 9.39. The summed E-state index contributed by atoms with van der Waals surface area (Å²) in [5.74, 6) is 0.143. The number of hydrogen-bond donors (Lipinski definition) is 2. The highest BCUT2D eigenvalue weighted by atomic mass is 16.5. The number of nitrogens with zero attached hydrogens (tertiary/aromatic N) is 4. The first-order valence-corrected chi connectivity index (χ1v) is 4.52. The summed E-state index contributed by atoms with van der Waals surface area (Å²) in [6.07, 6.45) is 0. The SMILES string of the molecule is COc1nc(N)nc(NCC(=O)N(C)C)n1.